The van der Waals surface area contributed by atoms with Gasteiger partial charge in [-0.1, -0.05) is 11.6 Å². The molecule has 22 heavy (non-hydrogen) atoms. The number of urea groups is 1. The first-order chi connectivity index (χ1) is 10.6. The Labute approximate surface area is 133 Å². The maximum atomic E-state index is 12.4. The lowest BCUT2D eigenvalue weighted by atomic mass is 10.1. The molecule has 2 atom stereocenters. The van der Waals surface area contributed by atoms with Crippen LogP contribution in [0.2, 0.25) is 5.15 Å². The van der Waals surface area contributed by atoms with E-state index in [2.05, 4.69) is 15.3 Å². The Morgan fingerprint density at radius 2 is 2.05 bits per heavy atom. The highest BCUT2D eigenvalue weighted by Crippen LogP contribution is 2.24. The molecule has 2 unspecified atom stereocenters. The number of aliphatic imine (C=N–C) groups is 1. The Morgan fingerprint density at radius 1 is 1.27 bits per heavy atom. The van der Waals surface area contributed by atoms with Crippen LogP contribution in [0, 0.1) is 0 Å². The summed E-state index contributed by atoms with van der Waals surface area (Å²) in [5, 5.41) is 3.50. The minimum Gasteiger partial charge on any atom is -0.355 e. The quantitative estimate of drug-likeness (QED) is 0.845. The van der Waals surface area contributed by atoms with E-state index >= 15 is 0 Å². The monoisotopic (exact) mass is 321 g/mol. The SMILES string of the molecule is CCN1C(=O)C2NC(c3ccc(Cl)nc3)=NC2N(CC)C1=O. The molecule has 3 heterocycles. The predicted molar refractivity (Wildman–Crippen MR) is 81.7 cm³/mol. The number of carbonyl (C=O) groups is 2. The van der Waals surface area contributed by atoms with Crippen molar-refractivity contribution in [1.29, 1.82) is 0 Å². The van der Waals surface area contributed by atoms with Gasteiger partial charge in [0.1, 0.15) is 17.0 Å². The fraction of sp³-hybridized carbons (Fsp3) is 0.429. The molecule has 3 amide bonds. The Bertz CT molecular complexity index is 645. The number of hydrogen-bond donors (Lipinski definition) is 1. The van der Waals surface area contributed by atoms with Gasteiger partial charge in [-0.15, -0.1) is 0 Å². The van der Waals surface area contributed by atoms with Gasteiger partial charge in [0.2, 0.25) is 0 Å². The van der Waals surface area contributed by atoms with Crippen molar-refractivity contribution in [2.75, 3.05) is 13.1 Å². The molecule has 3 rings (SSSR count). The van der Waals surface area contributed by atoms with Gasteiger partial charge in [0, 0.05) is 24.8 Å². The van der Waals surface area contributed by atoms with E-state index in [1.165, 1.54) is 4.90 Å². The number of amides is 3. The van der Waals surface area contributed by atoms with Crippen molar-refractivity contribution >= 4 is 29.4 Å². The van der Waals surface area contributed by atoms with Crippen LogP contribution in [-0.4, -0.2) is 57.9 Å². The summed E-state index contributed by atoms with van der Waals surface area (Å²) in [6.45, 7) is 4.48. The predicted octanol–water partition coefficient (Wildman–Crippen LogP) is 1.08. The van der Waals surface area contributed by atoms with Crippen molar-refractivity contribution in [3.63, 3.8) is 0 Å². The Hall–Kier alpha value is -2.15. The average Bonchev–Trinajstić information content (AvgIpc) is 2.94. The molecular weight excluding hydrogens is 306 g/mol. The zero-order valence-electron chi connectivity index (χ0n) is 12.3. The van der Waals surface area contributed by atoms with Crippen LogP contribution in [0.25, 0.3) is 0 Å². The summed E-state index contributed by atoms with van der Waals surface area (Å²) in [6, 6.07) is 2.59. The van der Waals surface area contributed by atoms with Gasteiger partial charge in [0.25, 0.3) is 5.91 Å². The van der Waals surface area contributed by atoms with Gasteiger partial charge in [-0.2, -0.15) is 0 Å². The van der Waals surface area contributed by atoms with Crippen molar-refractivity contribution in [2.45, 2.75) is 26.1 Å². The van der Waals surface area contributed by atoms with Crippen molar-refractivity contribution < 1.29 is 9.59 Å². The second kappa shape index (κ2) is 5.57. The first-order valence-corrected chi connectivity index (χ1v) is 7.52. The average molecular weight is 322 g/mol. The molecule has 1 aromatic heterocycles. The molecular formula is C14H16ClN5O2. The number of likely N-dealkylation sites (N-methyl/N-ethyl adjacent to an activating group) is 2. The Balaban J connectivity index is 1.94. The van der Waals surface area contributed by atoms with E-state index in [9.17, 15) is 9.59 Å². The molecule has 2 aliphatic rings. The van der Waals surface area contributed by atoms with Gasteiger partial charge in [-0.25, -0.2) is 14.8 Å². The number of imide groups is 1. The number of nitrogens with zero attached hydrogens (tertiary/aromatic N) is 4. The van der Waals surface area contributed by atoms with Gasteiger partial charge in [0.15, 0.2) is 6.17 Å². The highest BCUT2D eigenvalue weighted by atomic mass is 35.5. The molecule has 1 fully saturated rings. The van der Waals surface area contributed by atoms with Crippen LogP contribution >= 0.6 is 11.6 Å². The lowest BCUT2D eigenvalue weighted by molar-refractivity contribution is -0.134. The van der Waals surface area contributed by atoms with Crippen LogP contribution < -0.4 is 5.32 Å². The summed E-state index contributed by atoms with van der Waals surface area (Å²) in [5.74, 6) is 0.305. The van der Waals surface area contributed by atoms with Crippen molar-refractivity contribution in [2.24, 2.45) is 4.99 Å². The van der Waals surface area contributed by atoms with Crippen molar-refractivity contribution in [1.82, 2.24) is 20.1 Å². The molecule has 1 N–H and O–H groups in total. The first-order valence-electron chi connectivity index (χ1n) is 7.15. The summed E-state index contributed by atoms with van der Waals surface area (Å²) in [5.41, 5.74) is 0.734. The lowest BCUT2D eigenvalue weighted by Gasteiger charge is -2.39. The fourth-order valence-electron chi connectivity index (χ4n) is 2.72. The molecule has 7 nitrogen and oxygen atoms in total. The fourth-order valence-corrected chi connectivity index (χ4v) is 2.83. The number of nitrogens with one attached hydrogen (secondary N) is 1. The zero-order chi connectivity index (χ0) is 15.9. The standard InChI is InChI=1S/C14H16ClN5O2/c1-3-19-12-10(13(21)20(4-2)14(19)22)17-11(18-12)8-5-6-9(15)16-7-8/h5-7,10,12H,3-4H2,1-2H3,(H,17,18). The van der Waals surface area contributed by atoms with Gasteiger partial charge >= 0.3 is 6.03 Å². The maximum Gasteiger partial charge on any atom is 0.328 e. The van der Waals surface area contributed by atoms with E-state index in [-0.39, 0.29) is 11.9 Å². The molecule has 0 radical (unpaired) electrons. The van der Waals surface area contributed by atoms with Gasteiger partial charge in [-0.05, 0) is 26.0 Å². The van der Waals surface area contributed by atoms with E-state index in [0.717, 1.165) is 5.56 Å². The third-order valence-corrected chi connectivity index (χ3v) is 4.06. The van der Waals surface area contributed by atoms with Crippen LogP contribution in [0.1, 0.15) is 19.4 Å². The number of fused-ring (bicyclic) bond motifs is 1. The van der Waals surface area contributed by atoms with Gasteiger partial charge < -0.3 is 5.32 Å². The number of amidine groups is 1. The van der Waals surface area contributed by atoms with E-state index in [1.54, 1.807) is 30.2 Å². The van der Waals surface area contributed by atoms with Gasteiger partial charge in [-0.3, -0.25) is 14.6 Å². The summed E-state index contributed by atoms with van der Waals surface area (Å²) < 4.78 is 0. The maximum absolute atomic E-state index is 12.4. The summed E-state index contributed by atoms with van der Waals surface area (Å²) in [7, 11) is 0. The minimum absolute atomic E-state index is 0.247. The van der Waals surface area contributed by atoms with E-state index in [1.807, 2.05) is 6.92 Å². The third-order valence-electron chi connectivity index (χ3n) is 3.84. The van der Waals surface area contributed by atoms with Gasteiger partial charge in [0.05, 0.1) is 0 Å². The molecule has 0 aromatic carbocycles. The second-order valence-electron chi connectivity index (χ2n) is 5.03. The Morgan fingerprint density at radius 3 is 2.64 bits per heavy atom. The number of pyridine rings is 1. The van der Waals surface area contributed by atoms with Crippen molar-refractivity contribution in [3.8, 4) is 0 Å². The van der Waals surface area contributed by atoms with Crippen molar-refractivity contribution in [3.05, 3.63) is 29.0 Å². The largest absolute Gasteiger partial charge is 0.355 e. The van der Waals surface area contributed by atoms with E-state index < -0.39 is 12.2 Å². The zero-order valence-corrected chi connectivity index (χ0v) is 13.0. The molecule has 0 spiro atoms. The molecule has 1 saturated heterocycles. The number of carbonyl (C=O) groups excluding carboxylic acids is 2. The van der Waals surface area contributed by atoms with E-state index in [4.69, 9.17) is 11.6 Å². The van der Waals surface area contributed by atoms with Crippen LogP contribution in [0.5, 0.6) is 0 Å². The normalized spacial score (nSPS) is 24.2. The second-order valence-corrected chi connectivity index (χ2v) is 5.42. The highest BCUT2D eigenvalue weighted by Gasteiger charge is 2.48. The summed E-state index contributed by atoms with van der Waals surface area (Å²) in [6.07, 6.45) is 1.07. The molecule has 8 heteroatoms. The number of rotatable bonds is 3. The molecule has 2 aliphatic heterocycles. The van der Waals surface area contributed by atoms with Crippen LogP contribution in [0.3, 0.4) is 0 Å². The molecule has 1 aromatic rings. The third kappa shape index (κ3) is 2.21. The summed E-state index contributed by atoms with van der Waals surface area (Å²) >= 11 is 5.78. The topological polar surface area (TPSA) is 77.9 Å². The number of aromatic nitrogens is 1. The smallest absolute Gasteiger partial charge is 0.328 e. The Kier molecular flexibility index (Phi) is 3.74. The number of hydrogen-bond acceptors (Lipinski definition) is 5. The van der Waals surface area contributed by atoms with Crippen LogP contribution in [0.4, 0.5) is 4.79 Å². The minimum atomic E-state index is -0.553. The summed E-state index contributed by atoms with van der Waals surface area (Å²) in [4.78, 5) is 36.1. The molecule has 0 aliphatic carbocycles. The highest BCUT2D eigenvalue weighted by molar-refractivity contribution is 6.29. The molecule has 0 bridgehead atoms. The van der Waals surface area contributed by atoms with Crippen LogP contribution in [0.15, 0.2) is 23.3 Å². The lowest BCUT2D eigenvalue weighted by Crippen LogP contribution is -2.65. The van der Waals surface area contributed by atoms with Crippen LogP contribution in [-0.2, 0) is 4.79 Å². The molecule has 116 valence electrons. The first kappa shape index (κ1) is 14.8. The number of halogens is 1. The van der Waals surface area contributed by atoms with E-state index in [0.29, 0.717) is 24.1 Å². The molecule has 0 saturated carbocycles.